The van der Waals surface area contributed by atoms with Crippen LogP contribution in [0.15, 0.2) is 30.6 Å². The molecule has 0 aliphatic rings. The molecule has 20 heavy (non-hydrogen) atoms. The summed E-state index contributed by atoms with van der Waals surface area (Å²) >= 11 is 0. The molecule has 2 rings (SSSR count). The third kappa shape index (κ3) is 3.05. The van der Waals surface area contributed by atoms with Crippen molar-refractivity contribution in [1.29, 1.82) is 0 Å². The first-order valence-electron chi connectivity index (χ1n) is 5.99. The van der Waals surface area contributed by atoms with Crippen molar-refractivity contribution in [1.82, 2.24) is 9.78 Å². The molecular weight excluding hydrogens is 265 g/mol. The maximum absolute atomic E-state index is 13.3. The van der Waals surface area contributed by atoms with Crippen molar-refractivity contribution in [3.05, 3.63) is 57.7 Å². The molecule has 0 spiro atoms. The zero-order chi connectivity index (χ0) is 14.7. The Kier molecular flexibility index (Phi) is 3.88. The number of rotatable bonds is 5. The number of nitro groups is 1. The normalized spacial score (nSPS) is 10.5. The van der Waals surface area contributed by atoms with Crippen molar-refractivity contribution >= 4 is 11.5 Å². The number of hydrogen-bond acceptors (Lipinski definition) is 4. The fourth-order valence-electron chi connectivity index (χ4n) is 1.82. The number of nitrogens with zero attached hydrogens (tertiary/aromatic N) is 3. The molecule has 104 valence electrons. The summed E-state index contributed by atoms with van der Waals surface area (Å²) < 4.78 is 14.7. The van der Waals surface area contributed by atoms with Crippen LogP contribution in [-0.4, -0.2) is 20.5 Å². The second-order valence-corrected chi connectivity index (χ2v) is 4.28. The predicted octanol–water partition coefficient (Wildman–Crippen LogP) is 2.57. The van der Waals surface area contributed by atoms with Gasteiger partial charge in [0.15, 0.2) is 5.78 Å². The molecule has 2 aromatic rings. The predicted molar refractivity (Wildman–Crippen MR) is 69.0 cm³/mol. The first kappa shape index (κ1) is 13.9. The van der Waals surface area contributed by atoms with Gasteiger partial charge in [-0.15, -0.1) is 0 Å². The summed E-state index contributed by atoms with van der Waals surface area (Å²) in [6.07, 6.45) is 3.35. The van der Waals surface area contributed by atoms with E-state index in [-0.39, 0.29) is 18.0 Å². The molecule has 0 bridgehead atoms. The van der Waals surface area contributed by atoms with Gasteiger partial charge in [-0.3, -0.25) is 19.6 Å². The lowest BCUT2D eigenvalue weighted by atomic mass is 10.2. The van der Waals surface area contributed by atoms with Crippen LogP contribution in [0.25, 0.3) is 0 Å². The van der Waals surface area contributed by atoms with E-state index < -0.39 is 10.7 Å². The van der Waals surface area contributed by atoms with Gasteiger partial charge in [0.2, 0.25) is 0 Å². The lowest BCUT2D eigenvalue weighted by molar-refractivity contribution is -0.385. The van der Waals surface area contributed by atoms with E-state index in [2.05, 4.69) is 5.10 Å². The van der Waals surface area contributed by atoms with Gasteiger partial charge < -0.3 is 0 Å². The van der Waals surface area contributed by atoms with Gasteiger partial charge in [0.25, 0.3) is 5.69 Å². The minimum Gasteiger partial charge on any atom is -0.294 e. The maximum atomic E-state index is 13.3. The molecular formula is C13H12FN3O3. The zero-order valence-corrected chi connectivity index (χ0v) is 10.7. The highest BCUT2D eigenvalue weighted by Crippen LogP contribution is 2.17. The number of Topliss-reactive ketones (excluding diaryl/α,β-unsaturated/α-hetero) is 1. The number of nitro benzene ring substituents is 1. The lowest BCUT2D eigenvalue weighted by Crippen LogP contribution is -2.02. The van der Waals surface area contributed by atoms with Gasteiger partial charge >= 0.3 is 0 Å². The van der Waals surface area contributed by atoms with Gasteiger partial charge in [0, 0.05) is 18.7 Å². The third-order valence-corrected chi connectivity index (χ3v) is 2.77. The van der Waals surface area contributed by atoms with Gasteiger partial charge in [-0.25, -0.2) is 4.39 Å². The van der Waals surface area contributed by atoms with Crippen LogP contribution < -0.4 is 0 Å². The molecule has 0 aliphatic carbocycles. The van der Waals surface area contributed by atoms with E-state index in [1.165, 1.54) is 23.0 Å². The maximum Gasteiger partial charge on any atom is 0.272 e. The molecule has 0 N–H and O–H groups in total. The van der Waals surface area contributed by atoms with Crippen molar-refractivity contribution in [3.63, 3.8) is 0 Å². The summed E-state index contributed by atoms with van der Waals surface area (Å²) in [5, 5.41) is 14.7. The molecule has 0 fully saturated rings. The molecule has 0 saturated heterocycles. The molecule has 1 heterocycles. The number of carbonyl (C=O) groups is 1. The molecule has 1 aromatic heterocycles. The van der Waals surface area contributed by atoms with E-state index in [1.54, 1.807) is 13.1 Å². The average molecular weight is 277 g/mol. The number of non-ortho nitro benzene ring substituents is 1. The van der Waals surface area contributed by atoms with Crippen molar-refractivity contribution in [3.8, 4) is 0 Å². The zero-order valence-electron chi connectivity index (χ0n) is 10.7. The summed E-state index contributed by atoms with van der Waals surface area (Å²) in [6, 6.07) is 3.35. The Morgan fingerprint density at radius 2 is 2.20 bits per heavy atom. The number of ketones is 1. The second kappa shape index (κ2) is 5.60. The fraction of sp³-hybridized carbons (Fsp3) is 0.231. The van der Waals surface area contributed by atoms with Crippen LogP contribution in [0.2, 0.25) is 0 Å². The van der Waals surface area contributed by atoms with Crippen LogP contribution in [0, 0.1) is 15.9 Å². The fourth-order valence-corrected chi connectivity index (χ4v) is 1.82. The van der Waals surface area contributed by atoms with E-state index in [1.807, 2.05) is 0 Å². The van der Waals surface area contributed by atoms with Gasteiger partial charge in [0.1, 0.15) is 5.82 Å². The van der Waals surface area contributed by atoms with Crippen molar-refractivity contribution in [2.24, 2.45) is 0 Å². The van der Waals surface area contributed by atoms with E-state index in [0.717, 1.165) is 6.07 Å². The summed E-state index contributed by atoms with van der Waals surface area (Å²) in [5.74, 6) is -0.715. The molecule has 0 amide bonds. The minimum atomic E-state index is -0.675. The molecule has 0 aliphatic heterocycles. The summed E-state index contributed by atoms with van der Waals surface area (Å²) in [5.41, 5.74) is 0.575. The van der Waals surface area contributed by atoms with Gasteiger partial charge in [-0.1, -0.05) is 6.92 Å². The smallest absolute Gasteiger partial charge is 0.272 e. The molecule has 6 nitrogen and oxygen atoms in total. The highest BCUT2D eigenvalue weighted by Gasteiger charge is 2.11. The topological polar surface area (TPSA) is 78.0 Å². The highest BCUT2D eigenvalue weighted by molar-refractivity contribution is 5.95. The Balaban J connectivity index is 2.23. The SMILES string of the molecule is CCC(=O)c1cnn(Cc2cc(F)cc([N+](=O)[O-])c2)c1. The van der Waals surface area contributed by atoms with Gasteiger partial charge in [-0.05, 0) is 11.6 Å². The summed E-state index contributed by atoms with van der Waals surface area (Å²) in [6.45, 7) is 1.91. The van der Waals surface area contributed by atoms with Crippen molar-refractivity contribution in [2.45, 2.75) is 19.9 Å². The Morgan fingerprint density at radius 3 is 2.85 bits per heavy atom. The monoisotopic (exact) mass is 277 g/mol. The number of carbonyl (C=O) groups excluding carboxylic acids is 1. The molecule has 7 heteroatoms. The van der Waals surface area contributed by atoms with Crippen LogP contribution in [-0.2, 0) is 6.54 Å². The highest BCUT2D eigenvalue weighted by atomic mass is 19.1. The van der Waals surface area contributed by atoms with Gasteiger partial charge in [0.05, 0.1) is 29.3 Å². The molecule has 0 unspecified atom stereocenters. The third-order valence-electron chi connectivity index (χ3n) is 2.77. The van der Waals surface area contributed by atoms with Crippen molar-refractivity contribution in [2.75, 3.05) is 0 Å². The van der Waals surface area contributed by atoms with Crippen molar-refractivity contribution < 1.29 is 14.1 Å². The first-order chi connectivity index (χ1) is 9.49. The lowest BCUT2D eigenvalue weighted by Gasteiger charge is -2.02. The molecule has 0 radical (unpaired) electrons. The number of halogens is 1. The minimum absolute atomic E-state index is 0.0403. The van der Waals surface area contributed by atoms with Crippen LogP contribution in [0.5, 0.6) is 0 Å². The number of aromatic nitrogens is 2. The van der Waals surface area contributed by atoms with Crippen LogP contribution in [0.4, 0.5) is 10.1 Å². The second-order valence-electron chi connectivity index (χ2n) is 4.28. The van der Waals surface area contributed by atoms with Crippen LogP contribution >= 0.6 is 0 Å². The van der Waals surface area contributed by atoms with E-state index in [4.69, 9.17) is 0 Å². The Morgan fingerprint density at radius 1 is 1.45 bits per heavy atom. The van der Waals surface area contributed by atoms with E-state index >= 15 is 0 Å². The molecule has 0 saturated carbocycles. The largest absolute Gasteiger partial charge is 0.294 e. The Hall–Kier alpha value is -2.57. The van der Waals surface area contributed by atoms with Crippen LogP contribution in [0.3, 0.4) is 0 Å². The first-order valence-corrected chi connectivity index (χ1v) is 5.99. The van der Waals surface area contributed by atoms with Gasteiger partial charge in [-0.2, -0.15) is 5.10 Å². The molecule has 1 aromatic carbocycles. The summed E-state index contributed by atoms with van der Waals surface area (Å²) in [7, 11) is 0. The van der Waals surface area contributed by atoms with E-state index in [0.29, 0.717) is 17.5 Å². The Bertz CT molecular complexity index is 667. The standard InChI is InChI=1S/C13H12FN3O3/c1-2-13(18)10-6-15-16(8-10)7-9-3-11(14)5-12(4-9)17(19)20/h3-6,8H,2,7H2,1H3. The molecule has 0 atom stereocenters. The number of hydrogen-bond donors (Lipinski definition) is 0. The van der Waals surface area contributed by atoms with Crippen LogP contribution in [0.1, 0.15) is 29.3 Å². The quantitative estimate of drug-likeness (QED) is 0.478. The number of benzene rings is 1. The van der Waals surface area contributed by atoms with E-state index in [9.17, 15) is 19.3 Å². The summed E-state index contributed by atoms with van der Waals surface area (Å²) in [4.78, 5) is 21.5. The Labute approximate surface area is 114 Å². The average Bonchev–Trinajstić information content (AvgIpc) is 2.85.